The molecule has 0 spiro atoms. The van der Waals surface area contributed by atoms with Crippen molar-refractivity contribution in [2.45, 2.75) is 63.1 Å². The van der Waals surface area contributed by atoms with Crippen molar-refractivity contribution >= 4 is 34.1 Å². The Morgan fingerprint density at radius 2 is 1.92 bits per heavy atom. The van der Waals surface area contributed by atoms with Crippen LogP contribution in [0.5, 0.6) is 0 Å². The van der Waals surface area contributed by atoms with Gasteiger partial charge in [0.1, 0.15) is 18.0 Å². The van der Waals surface area contributed by atoms with Crippen molar-refractivity contribution in [1.29, 1.82) is 0 Å². The highest BCUT2D eigenvalue weighted by atomic mass is 32.2. The molecule has 2 heterocycles. The molecular weight excluding hydrogens is 545 g/mol. The van der Waals surface area contributed by atoms with Gasteiger partial charge in [0.2, 0.25) is 21.8 Å². The number of amidine groups is 1. The third-order valence-electron chi connectivity index (χ3n) is 6.23. The Hall–Kier alpha value is -3.52. The molecule has 0 saturated carbocycles. The molecule has 1 amide bonds. The molecule has 1 fully saturated rings. The Morgan fingerprint density at radius 3 is 2.51 bits per heavy atom. The maximum atomic E-state index is 14.6. The molecule has 1 saturated heterocycles. The first-order valence-corrected chi connectivity index (χ1v) is 13.1. The number of sulfonamides is 1. The molecule has 2 aromatic rings. The minimum atomic E-state index is -4.77. The van der Waals surface area contributed by atoms with Gasteiger partial charge < -0.3 is 5.32 Å². The summed E-state index contributed by atoms with van der Waals surface area (Å²) in [5.41, 5.74) is 1.73. The van der Waals surface area contributed by atoms with Gasteiger partial charge in [-0.05, 0) is 74.5 Å². The van der Waals surface area contributed by atoms with Crippen molar-refractivity contribution in [2.24, 2.45) is 9.98 Å². The highest BCUT2D eigenvalue weighted by Gasteiger charge is 2.49. The number of aryl methyl sites for hydroxylation is 1. The number of hydrogen-bond acceptors (Lipinski definition) is 5. The van der Waals surface area contributed by atoms with Crippen LogP contribution in [0.3, 0.4) is 0 Å². The Kier molecular flexibility index (Phi) is 9.01. The summed E-state index contributed by atoms with van der Waals surface area (Å²) in [6, 6.07) is 3.05. The van der Waals surface area contributed by atoms with E-state index in [0.29, 0.717) is 11.1 Å². The number of rotatable bonds is 7. The minimum Gasteiger partial charge on any atom is -0.351 e. The van der Waals surface area contributed by atoms with E-state index in [1.807, 2.05) is 0 Å². The van der Waals surface area contributed by atoms with Gasteiger partial charge in [0.05, 0.1) is 16.6 Å². The lowest BCUT2D eigenvalue weighted by molar-refractivity contribution is -0.124. The molecule has 0 unspecified atom stereocenters. The highest BCUT2D eigenvalue weighted by molar-refractivity contribution is 7.89. The van der Waals surface area contributed by atoms with Crippen LogP contribution in [-0.2, 0) is 21.4 Å². The van der Waals surface area contributed by atoms with Gasteiger partial charge in [0.15, 0.2) is 0 Å². The summed E-state index contributed by atoms with van der Waals surface area (Å²) in [4.78, 5) is 23.2. The lowest BCUT2D eigenvalue weighted by atomic mass is 10.1. The first-order chi connectivity index (χ1) is 18.2. The molecule has 1 aliphatic rings. The van der Waals surface area contributed by atoms with Crippen LogP contribution < -0.4 is 5.32 Å². The van der Waals surface area contributed by atoms with Crippen LogP contribution in [-0.4, -0.2) is 60.6 Å². The summed E-state index contributed by atoms with van der Waals surface area (Å²) in [6.07, 6.45) is -4.35. The van der Waals surface area contributed by atoms with Crippen molar-refractivity contribution in [3.8, 4) is 0 Å². The predicted octanol–water partition coefficient (Wildman–Crippen LogP) is 4.36. The molecule has 1 aromatic heterocycles. The molecule has 14 heteroatoms. The van der Waals surface area contributed by atoms with Gasteiger partial charge in [-0.3, -0.25) is 9.78 Å². The minimum absolute atomic E-state index is 0.0922. The van der Waals surface area contributed by atoms with Crippen LogP contribution in [0.1, 0.15) is 37.1 Å². The fraction of sp³-hybridized carbons (Fsp3) is 0.360. The fourth-order valence-electron chi connectivity index (χ4n) is 3.99. The van der Waals surface area contributed by atoms with Crippen LogP contribution in [0.2, 0.25) is 0 Å². The van der Waals surface area contributed by atoms with Crippen molar-refractivity contribution in [3.63, 3.8) is 0 Å². The van der Waals surface area contributed by atoms with Gasteiger partial charge in [0.25, 0.3) is 0 Å². The number of allylic oxidation sites excluding steroid dienone is 1. The topological polar surface area (TPSA) is 104 Å². The molecule has 0 radical (unpaired) electrons. The quantitative estimate of drug-likeness (QED) is 0.303. The van der Waals surface area contributed by atoms with E-state index in [2.05, 4.69) is 27.0 Å². The number of carbonyl (C=O) groups excluding carboxylic acids is 1. The average molecular weight is 572 g/mol. The zero-order valence-corrected chi connectivity index (χ0v) is 22.0. The smallest absolute Gasteiger partial charge is 0.351 e. The second kappa shape index (κ2) is 11.7. The summed E-state index contributed by atoms with van der Waals surface area (Å²) < 4.78 is 93.6. The Morgan fingerprint density at radius 1 is 1.28 bits per heavy atom. The Labute approximate surface area is 222 Å². The molecule has 210 valence electrons. The van der Waals surface area contributed by atoms with Gasteiger partial charge in [0, 0.05) is 25.4 Å². The Bertz CT molecular complexity index is 1410. The summed E-state index contributed by atoms with van der Waals surface area (Å²) in [6.45, 7) is 7.30. The number of nitrogens with zero attached hydrogens (tertiary/aromatic N) is 4. The van der Waals surface area contributed by atoms with Gasteiger partial charge >= 0.3 is 6.18 Å². The normalized spacial score (nSPS) is 21.2. The molecule has 0 bridgehead atoms. The zero-order valence-electron chi connectivity index (χ0n) is 21.2. The van der Waals surface area contributed by atoms with Gasteiger partial charge in [-0.1, -0.05) is 0 Å². The van der Waals surface area contributed by atoms with Crippen LogP contribution in [0.25, 0.3) is 5.57 Å². The molecule has 3 atom stereocenters. The molecule has 3 rings (SSSR count). The largest absolute Gasteiger partial charge is 0.451 e. The van der Waals surface area contributed by atoms with Crippen molar-refractivity contribution < 1.29 is 35.2 Å². The lowest BCUT2D eigenvalue weighted by Gasteiger charge is -2.27. The monoisotopic (exact) mass is 571 g/mol. The number of amides is 1. The number of pyridine rings is 1. The van der Waals surface area contributed by atoms with Crippen LogP contribution >= 0.6 is 0 Å². The second-order valence-electron chi connectivity index (χ2n) is 8.93. The number of halogens is 5. The standard InChI is InChI=1S/C25H26F5N5O3S/c1-14-11-32-21(15(2)12-34-24(31-4)25(28,29)30)9-17(14)13-33-23(36)22-10-20(27)16(3)35(22)39(37,38)19-7-5-18(26)6-8-19/h5-9,11-12,16,20,22H,4,10,13H2,1-3H3,(H,33,36)/b15-12+,34-24-/t16-,20+,22-/m0/s1. The van der Waals surface area contributed by atoms with E-state index in [9.17, 15) is 35.2 Å². The van der Waals surface area contributed by atoms with Crippen molar-refractivity contribution in [3.05, 3.63) is 65.4 Å². The van der Waals surface area contributed by atoms with E-state index in [4.69, 9.17) is 0 Å². The fourth-order valence-corrected chi connectivity index (χ4v) is 5.80. The van der Waals surface area contributed by atoms with E-state index in [0.717, 1.165) is 34.8 Å². The second-order valence-corrected chi connectivity index (χ2v) is 10.8. The maximum absolute atomic E-state index is 14.6. The van der Waals surface area contributed by atoms with Crippen molar-refractivity contribution in [1.82, 2.24) is 14.6 Å². The van der Waals surface area contributed by atoms with E-state index in [-0.39, 0.29) is 29.1 Å². The average Bonchev–Trinajstić information content (AvgIpc) is 3.17. The summed E-state index contributed by atoms with van der Waals surface area (Å²) >= 11 is 0. The number of carbonyl (C=O) groups is 1. The molecule has 1 aromatic carbocycles. The summed E-state index contributed by atoms with van der Waals surface area (Å²) in [7, 11) is -4.32. The van der Waals surface area contributed by atoms with Crippen molar-refractivity contribution in [2.75, 3.05) is 0 Å². The molecular formula is C25H26F5N5O3S. The first-order valence-electron chi connectivity index (χ1n) is 11.6. The number of aliphatic imine (C=N–C) groups is 2. The number of aromatic nitrogens is 1. The number of hydrogen-bond donors (Lipinski definition) is 1. The van der Waals surface area contributed by atoms with E-state index in [1.165, 1.54) is 26.1 Å². The number of alkyl halides is 4. The van der Waals surface area contributed by atoms with Crippen LogP contribution in [0, 0.1) is 12.7 Å². The van der Waals surface area contributed by atoms with Gasteiger partial charge in [-0.15, -0.1) is 0 Å². The molecule has 39 heavy (non-hydrogen) atoms. The van der Waals surface area contributed by atoms with Crippen LogP contribution in [0.4, 0.5) is 22.0 Å². The maximum Gasteiger partial charge on any atom is 0.451 e. The predicted molar refractivity (Wildman–Crippen MR) is 136 cm³/mol. The number of benzene rings is 1. The molecule has 8 nitrogen and oxygen atoms in total. The molecule has 1 aliphatic heterocycles. The highest BCUT2D eigenvalue weighted by Crippen LogP contribution is 2.33. The van der Waals surface area contributed by atoms with Gasteiger partial charge in [-0.2, -0.15) is 17.5 Å². The van der Waals surface area contributed by atoms with E-state index in [1.54, 1.807) is 6.92 Å². The Balaban J connectivity index is 1.81. The van der Waals surface area contributed by atoms with Crippen LogP contribution in [0.15, 0.2) is 57.6 Å². The SMILES string of the molecule is C=N/C(=N\C=C(/C)c1cc(CNC(=O)[C@@H]2C[C@@H](F)[C@H](C)N2S(=O)(=O)c2ccc(F)cc2)c(C)cn1)C(F)(F)F. The number of nitrogens with one attached hydrogen (secondary N) is 1. The zero-order chi connectivity index (χ0) is 29.1. The summed E-state index contributed by atoms with van der Waals surface area (Å²) in [5, 5.41) is 2.61. The van der Waals surface area contributed by atoms with Gasteiger partial charge in [-0.25, -0.2) is 27.2 Å². The third kappa shape index (κ3) is 6.74. The lowest BCUT2D eigenvalue weighted by Crippen LogP contribution is -2.48. The van der Waals surface area contributed by atoms with E-state index >= 15 is 0 Å². The third-order valence-corrected chi connectivity index (χ3v) is 8.24. The first kappa shape index (κ1) is 30.0. The molecule has 0 aliphatic carbocycles. The summed E-state index contributed by atoms with van der Waals surface area (Å²) in [5.74, 6) is -2.81. The van der Waals surface area contributed by atoms with E-state index < -0.39 is 52.0 Å². The molecule has 1 N–H and O–H groups in total.